The number of aliphatic imine (C=N–C) groups is 1. The maximum Gasteiger partial charge on any atom is 0.209 e. The van der Waals surface area contributed by atoms with Gasteiger partial charge in [-0.1, -0.05) is 92.5 Å². The molecule has 1 aromatic carbocycles. The van der Waals surface area contributed by atoms with Crippen molar-refractivity contribution in [2.24, 2.45) is 10.4 Å². The van der Waals surface area contributed by atoms with Gasteiger partial charge in [-0.25, -0.2) is 8.78 Å². The third kappa shape index (κ3) is 16.3. The van der Waals surface area contributed by atoms with E-state index >= 15 is 0 Å². The highest BCUT2D eigenvalue weighted by Gasteiger charge is 2.40. The van der Waals surface area contributed by atoms with Crippen molar-refractivity contribution in [2.75, 3.05) is 26.7 Å². The van der Waals surface area contributed by atoms with Gasteiger partial charge in [0.15, 0.2) is 0 Å². The first-order valence-corrected chi connectivity index (χ1v) is 16.9. The maximum atomic E-state index is 11.9. The summed E-state index contributed by atoms with van der Waals surface area (Å²) in [5.74, 6) is -1.07. The molecule has 3 heterocycles. The Balaban J connectivity index is 0.000000634. The lowest BCUT2D eigenvalue weighted by Crippen LogP contribution is -2.49. The Morgan fingerprint density at radius 1 is 1.09 bits per heavy atom. The first-order chi connectivity index (χ1) is 21.8. The summed E-state index contributed by atoms with van der Waals surface area (Å²) in [6.45, 7) is 28.1. The molecule has 4 rings (SSSR count). The Labute approximate surface area is 280 Å². The minimum Gasteiger partial charge on any atom is -0.383 e. The van der Waals surface area contributed by atoms with E-state index in [2.05, 4.69) is 77.0 Å². The summed E-state index contributed by atoms with van der Waals surface area (Å²) in [5.41, 5.74) is 3.55. The van der Waals surface area contributed by atoms with Crippen LogP contribution in [0.15, 0.2) is 78.0 Å². The molecule has 46 heavy (non-hydrogen) atoms. The topological polar surface area (TPSA) is 51.2 Å². The van der Waals surface area contributed by atoms with Crippen molar-refractivity contribution in [3.63, 3.8) is 0 Å². The number of halogens is 2. The lowest BCUT2D eigenvalue weighted by Gasteiger charge is -2.37. The van der Waals surface area contributed by atoms with Crippen molar-refractivity contribution in [1.82, 2.24) is 20.0 Å². The Morgan fingerprint density at radius 3 is 2.07 bits per heavy atom. The second-order valence-electron chi connectivity index (χ2n) is 12.5. The molecule has 1 aromatic rings. The number of amides is 1. The van der Waals surface area contributed by atoms with Crippen LogP contribution < -0.4 is 5.32 Å². The number of hydrogen-bond acceptors (Lipinski definition) is 5. The van der Waals surface area contributed by atoms with Gasteiger partial charge in [-0.05, 0) is 64.3 Å². The van der Waals surface area contributed by atoms with Crippen LogP contribution in [0.25, 0.3) is 0 Å². The lowest BCUT2D eigenvalue weighted by atomic mass is 9.83. The monoisotopic (exact) mass is 644 g/mol. The van der Waals surface area contributed by atoms with Crippen molar-refractivity contribution in [3.8, 4) is 0 Å². The fourth-order valence-corrected chi connectivity index (χ4v) is 5.10. The zero-order valence-electron chi connectivity index (χ0n) is 30.3. The second kappa shape index (κ2) is 24.0. The van der Waals surface area contributed by atoms with Gasteiger partial charge in [-0.15, -0.1) is 0 Å². The summed E-state index contributed by atoms with van der Waals surface area (Å²) in [6, 6.07) is 5.30. The number of rotatable bonds is 7. The lowest BCUT2D eigenvalue weighted by molar-refractivity contribution is -0.119. The SMILES string of the molecule is C=C(N[C@H]1CCCN(C=O)C1)[C@@H]1N(C)CCC1(C)C.C=CN1C(C)=CN=C/C1=C/C.CCCC.CCCC.Fc1cccc(F)c1. The molecule has 2 saturated heterocycles. The zero-order chi connectivity index (χ0) is 35.1. The van der Waals surface area contributed by atoms with Crippen LogP contribution in [0.1, 0.15) is 100 Å². The standard InChI is InChI=1S/C15H27N3O.C9H12N2.C6H4F2.2C4H10/c1-12(14-15(2,3)7-9-17(14)4)16-13-6-5-8-18(10-13)11-19;1-4-9-7-10-6-8(3)11(9)5-2;7-5-2-1-3-6(8)4-5;2*1-3-4-2/h11,13-14,16H,1,5-10H2,2-4H3;4-7H,2H2,1,3H3;1-4H;2*3-4H2,1-2H3/b;9-4-;;;/t13-,14-;;;;/m0..../s1. The minimum absolute atomic E-state index is 0.276. The molecule has 260 valence electrons. The predicted octanol–water partition coefficient (Wildman–Crippen LogP) is 9.30. The van der Waals surface area contributed by atoms with Gasteiger partial charge in [0.2, 0.25) is 6.41 Å². The van der Waals surface area contributed by atoms with Gasteiger partial charge in [0.25, 0.3) is 0 Å². The molecule has 0 unspecified atom stereocenters. The molecule has 6 nitrogen and oxygen atoms in total. The molecule has 0 aliphatic carbocycles. The summed E-state index contributed by atoms with van der Waals surface area (Å²) < 4.78 is 23.9. The van der Waals surface area contributed by atoms with Crippen LogP contribution in [0.5, 0.6) is 0 Å². The van der Waals surface area contributed by atoms with Crippen molar-refractivity contribution >= 4 is 12.6 Å². The van der Waals surface area contributed by atoms with Gasteiger partial charge in [0, 0.05) is 49.0 Å². The molecular weight excluding hydrogens is 580 g/mol. The zero-order valence-corrected chi connectivity index (χ0v) is 30.3. The van der Waals surface area contributed by atoms with E-state index in [1.54, 1.807) is 6.20 Å². The number of unbranched alkanes of at least 4 members (excludes halogenated alkanes) is 2. The number of nitrogens with zero attached hydrogens (tertiary/aromatic N) is 4. The predicted molar refractivity (Wildman–Crippen MR) is 193 cm³/mol. The molecule has 8 heteroatoms. The highest BCUT2D eigenvalue weighted by molar-refractivity contribution is 5.80. The summed E-state index contributed by atoms with van der Waals surface area (Å²) in [4.78, 5) is 21.2. The third-order valence-corrected chi connectivity index (χ3v) is 8.00. The Hall–Kier alpha value is -3.26. The number of nitrogens with one attached hydrogen (secondary N) is 1. The van der Waals surface area contributed by atoms with Crippen LogP contribution in [0.3, 0.4) is 0 Å². The number of likely N-dealkylation sites (N-methyl/N-ethyl adjacent to an activating group) is 1. The smallest absolute Gasteiger partial charge is 0.209 e. The molecule has 0 saturated carbocycles. The fraction of sp³-hybridized carbons (Fsp3) is 0.579. The highest BCUT2D eigenvalue weighted by Crippen LogP contribution is 2.38. The van der Waals surface area contributed by atoms with E-state index < -0.39 is 11.6 Å². The molecule has 0 bridgehead atoms. The first kappa shape index (κ1) is 42.7. The van der Waals surface area contributed by atoms with Gasteiger partial charge < -0.3 is 15.1 Å². The molecule has 0 aromatic heterocycles. The van der Waals surface area contributed by atoms with E-state index in [1.165, 1.54) is 50.3 Å². The quantitative estimate of drug-likeness (QED) is 0.301. The first-order valence-electron chi connectivity index (χ1n) is 16.9. The molecule has 0 radical (unpaired) electrons. The number of hydrogen-bond donors (Lipinski definition) is 1. The van der Waals surface area contributed by atoms with Crippen LogP contribution in [0.4, 0.5) is 8.78 Å². The molecule has 1 N–H and O–H groups in total. The van der Waals surface area contributed by atoms with Crippen LogP contribution in [-0.4, -0.2) is 66.1 Å². The van der Waals surface area contributed by atoms with E-state index in [4.69, 9.17) is 0 Å². The van der Waals surface area contributed by atoms with Crippen LogP contribution in [0.2, 0.25) is 0 Å². The Kier molecular flexibility index (Phi) is 22.3. The van der Waals surface area contributed by atoms with Crippen molar-refractivity contribution in [2.45, 2.75) is 112 Å². The maximum absolute atomic E-state index is 11.9. The van der Waals surface area contributed by atoms with E-state index in [0.29, 0.717) is 12.1 Å². The number of carbonyl (C=O) groups excluding carboxylic acids is 1. The normalized spacial score (nSPS) is 20.7. The number of piperidine rings is 1. The van der Waals surface area contributed by atoms with Gasteiger partial charge in [0.05, 0.1) is 18.0 Å². The van der Waals surface area contributed by atoms with E-state index in [9.17, 15) is 13.6 Å². The van der Waals surface area contributed by atoms with Gasteiger partial charge in [-0.3, -0.25) is 14.7 Å². The van der Waals surface area contributed by atoms with Gasteiger partial charge >= 0.3 is 0 Å². The summed E-state index contributed by atoms with van der Waals surface area (Å²) in [6.07, 6.45) is 17.1. The van der Waals surface area contributed by atoms with Crippen molar-refractivity contribution in [3.05, 3.63) is 84.6 Å². The van der Waals surface area contributed by atoms with E-state index in [0.717, 1.165) is 62.0 Å². The molecule has 3 aliphatic rings. The molecule has 3 aliphatic heterocycles. The molecular formula is C38H63F2N5O. The minimum atomic E-state index is -0.537. The Bertz CT molecular complexity index is 1090. The summed E-state index contributed by atoms with van der Waals surface area (Å²) >= 11 is 0. The molecule has 1 amide bonds. The molecule has 0 spiro atoms. The third-order valence-electron chi connectivity index (χ3n) is 8.00. The average Bonchev–Trinajstić information content (AvgIpc) is 3.33. The van der Waals surface area contributed by atoms with Crippen LogP contribution in [0, 0.1) is 17.0 Å². The Morgan fingerprint density at radius 2 is 1.67 bits per heavy atom. The van der Waals surface area contributed by atoms with Gasteiger partial charge in [0.1, 0.15) is 11.6 Å². The van der Waals surface area contributed by atoms with E-state index in [-0.39, 0.29) is 5.41 Å². The summed E-state index contributed by atoms with van der Waals surface area (Å²) in [5, 5.41) is 3.57. The highest BCUT2D eigenvalue weighted by atomic mass is 19.1. The average molecular weight is 644 g/mol. The van der Waals surface area contributed by atoms with E-state index in [1.807, 2.05) is 42.1 Å². The molecule has 2 fully saturated rings. The molecule has 2 atom stereocenters. The fourth-order valence-electron chi connectivity index (χ4n) is 5.10. The van der Waals surface area contributed by atoms with Crippen molar-refractivity contribution < 1.29 is 13.6 Å². The number of carbonyl (C=O) groups is 1. The largest absolute Gasteiger partial charge is 0.383 e. The van der Waals surface area contributed by atoms with Crippen LogP contribution in [-0.2, 0) is 4.79 Å². The summed E-state index contributed by atoms with van der Waals surface area (Å²) in [7, 11) is 2.17. The second-order valence-corrected chi connectivity index (χ2v) is 12.5. The van der Waals surface area contributed by atoms with Gasteiger partial charge in [-0.2, -0.15) is 0 Å². The number of benzene rings is 1. The van der Waals surface area contributed by atoms with Crippen molar-refractivity contribution in [1.29, 1.82) is 0 Å². The number of allylic oxidation sites excluding steroid dienone is 3. The number of likely N-dealkylation sites (tertiary alicyclic amines) is 2. The van der Waals surface area contributed by atoms with Crippen LogP contribution >= 0.6 is 0 Å².